The summed E-state index contributed by atoms with van der Waals surface area (Å²) in [6.45, 7) is 5.65. The Bertz CT molecular complexity index is 558. The molecule has 0 N–H and O–H groups in total. The molecule has 2 aliphatic rings. The summed E-state index contributed by atoms with van der Waals surface area (Å²) in [6.07, 6.45) is 7.83. The van der Waals surface area contributed by atoms with Gasteiger partial charge < -0.3 is 14.2 Å². The van der Waals surface area contributed by atoms with Crippen molar-refractivity contribution in [3.63, 3.8) is 0 Å². The van der Waals surface area contributed by atoms with E-state index < -0.39 is 0 Å². The van der Waals surface area contributed by atoms with Crippen LogP contribution >= 0.6 is 27.0 Å². The van der Waals surface area contributed by atoms with E-state index in [-0.39, 0.29) is 27.0 Å². The molecule has 4 nitrogen and oxygen atoms in total. The Morgan fingerprint density at radius 1 is 1.00 bits per heavy atom. The van der Waals surface area contributed by atoms with Crippen molar-refractivity contribution in [1.82, 2.24) is 4.90 Å². The third-order valence-electron chi connectivity index (χ3n) is 5.76. The Morgan fingerprint density at radius 2 is 1.74 bits per heavy atom. The number of methoxy groups -OCH3 is 2. The summed E-state index contributed by atoms with van der Waals surface area (Å²) in [7, 11) is 3.35. The maximum atomic E-state index is 6.36. The van der Waals surface area contributed by atoms with Gasteiger partial charge in [0.1, 0.15) is 0 Å². The molecule has 0 radical (unpaired) electrons. The second kappa shape index (κ2) is 12.1. The lowest BCUT2D eigenvalue weighted by atomic mass is 9.91. The van der Waals surface area contributed by atoms with Crippen LogP contribution in [0.4, 0.5) is 0 Å². The molecule has 1 saturated carbocycles. The molecule has 1 heterocycles. The van der Waals surface area contributed by atoms with Gasteiger partial charge in [-0.3, -0.25) is 4.90 Å². The second-order valence-electron chi connectivity index (χ2n) is 7.59. The van der Waals surface area contributed by atoms with Gasteiger partial charge in [0.15, 0.2) is 11.5 Å². The Morgan fingerprint density at radius 3 is 2.41 bits per heavy atom. The fraction of sp³-hybridized carbons (Fsp3) is 0.714. The monoisotopic (exact) mass is 415 g/mol. The molecule has 1 aromatic rings. The molecule has 0 amide bonds. The fourth-order valence-corrected chi connectivity index (χ4v) is 4.32. The zero-order chi connectivity index (χ0) is 17.6. The van der Waals surface area contributed by atoms with Gasteiger partial charge in [-0.1, -0.05) is 25.8 Å². The Kier molecular flexibility index (Phi) is 11.0. The smallest absolute Gasteiger partial charge is 0.160 e. The van der Waals surface area contributed by atoms with Gasteiger partial charge in [0.2, 0.25) is 0 Å². The number of hydrogen-bond acceptors (Lipinski definition) is 4. The third kappa shape index (κ3) is 6.48. The highest BCUT2D eigenvalue weighted by molar-refractivity contribution is 7.59. The van der Waals surface area contributed by atoms with E-state index in [0.29, 0.717) is 12.1 Å². The van der Waals surface area contributed by atoms with Crippen molar-refractivity contribution in [1.29, 1.82) is 0 Å². The highest BCUT2D eigenvalue weighted by Crippen LogP contribution is 2.30. The molecule has 1 aliphatic carbocycles. The van der Waals surface area contributed by atoms with Crippen molar-refractivity contribution >= 4 is 27.0 Å². The molecule has 0 spiro atoms. The van der Waals surface area contributed by atoms with Gasteiger partial charge >= 0.3 is 0 Å². The molecule has 2 fully saturated rings. The fourth-order valence-electron chi connectivity index (χ4n) is 4.32. The number of nitrogens with zero attached hydrogens (tertiary/aromatic N) is 1. The van der Waals surface area contributed by atoms with Crippen LogP contribution < -0.4 is 9.47 Å². The van der Waals surface area contributed by atoms with E-state index in [1.54, 1.807) is 14.2 Å². The second-order valence-corrected chi connectivity index (χ2v) is 7.59. The van der Waals surface area contributed by atoms with E-state index in [1.165, 1.54) is 50.8 Å². The predicted molar refractivity (Wildman–Crippen MR) is 121 cm³/mol. The van der Waals surface area contributed by atoms with Crippen molar-refractivity contribution < 1.29 is 14.2 Å². The summed E-state index contributed by atoms with van der Waals surface area (Å²) in [5.74, 6) is 2.42. The van der Waals surface area contributed by atoms with Gasteiger partial charge in [-0.05, 0) is 55.8 Å². The van der Waals surface area contributed by atoms with Crippen LogP contribution in [0, 0.1) is 5.92 Å². The van der Waals surface area contributed by atoms with Crippen molar-refractivity contribution in [3.05, 3.63) is 23.8 Å². The van der Waals surface area contributed by atoms with Gasteiger partial charge in [0.05, 0.1) is 26.9 Å². The molecule has 27 heavy (non-hydrogen) atoms. The van der Waals surface area contributed by atoms with Crippen LogP contribution in [0.25, 0.3) is 0 Å². The highest BCUT2D eigenvalue weighted by Gasteiger charge is 2.33. The lowest BCUT2D eigenvalue weighted by molar-refractivity contribution is -0.0298. The van der Waals surface area contributed by atoms with Crippen LogP contribution in [0.1, 0.15) is 44.6 Å². The standard InChI is InChI=1S/C21H33NO3.2H2S/c1-16-10-12-22(15-16)18-6-4-5-7-19(18)25-13-11-17-8-9-20(23-2)21(14-17)24-3;;/h8-9,14,16,18-19H,4-7,10-13,15H2,1-3H3;2*1H2/t16-,18+,19?;;/m1../s1. The van der Waals surface area contributed by atoms with Gasteiger partial charge in [-0.25, -0.2) is 0 Å². The molecule has 1 aromatic carbocycles. The Balaban J connectivity index is 0.00000182. The van der Waals surface area contributed by atoms with E-state index in [1.807, 2.05) is 6.07 Å². The van der Waals surface area contributed by atoms with Crippen LogP contribution in [0.15, 0.2) is 18.2 Å². The maximum absolute atomic E-state index is 6.36. The molecule has 1 aliphatic heterocycles. The summed E-state index contributed by atoms with van der Waals surface area (Å²) >= 11 is 0. The summed E-state index contributed by atoms with van der Waals surface area (Å²) in [5.41, 5.74) is 1.24. The van der Waals surface area contributed by atoms with Crippen molar-refractivity contribution in [2.45, 2.75) is 57.6 Å². The zero-order valence-electron chi connectivity index (χ0n) is 17.0. The number of likely N-dealkylation sites (tertiary alicyclic amines) is 1. The topological polar surface area (TPSA) is 30.9 Å². The number of ether oxygens (including phenoxy) is 3. The largest absolute Gasteiger partial charge is 0.493 e. The minimum absolute atomic E-state index is 0. The molecule has 3 rings (SSSR count). The van der Waals surface area contributed by atoms with Gasteiger partial charge in [0, 0.05) is 12.6 Å². The number of rotatable bonds is 7. The molecule has 1 unspecified atom stereocenters. The van der Waals surface area contributed by atoms with Crippen LogP contribution in [-0.4, -0.2) is 51.0 Å². The van der Waals surface area contributed by atoms with Crippen LogP contribution in [0.2, 0.25) is 0 Å². The first kappa shape index (κ1) is 24.5. The minimum Gasteiger partial charge on any atom is -0.493 e. The molecule has 0 aromatic heterocycles. The van der Waals surface area contributed by atoms with Crippen LogP contribution in [-0.2, 0) is 11.2 Å². The van der Waals surface area contributed by atoms with Gasteiger partial charge in [-0.2, -0.15) is 27.0 Å². The zero-order valence-corrected chi connectivity index (χ0v) is 19.0. The normalized spacial score (nSPS) is 25.4. The molecular weight excluding hydrogens is 378 g/mol. The molecule has 6 heteroatoms. The first-order valence-electron chi connectivity index (χ1n) is 9.78. The Labute approximate surface area is 178 Å². The Hall–Kier alpha value is -0.560. The quantitative estimate of drug-likeness (QED) is 0.670. The average Bonchev–Trinajstić information content (AvgIpc) is 3.08. The van der Waals surface area contributed by atoms with E-state index in [4.69, 9.17) is 14.2 Å². The molecule has 3 atom stereocenters. The van der Waals surface area contributed by atoms with E-state index >= 15 is 0 Å². The number of hydrogen-bond donors (Lipinski definition) is 0. The molecule has 156 valence electrons. The van der Waals surface area contributed by atoms with Crippen molar-refractivity contribution in [2.24, 2.45) is 5.92 Å². The van der Waals surface area contributed by atoms with Gasteiger partial charge in [0.25, 0.3) is 0 Å². The summed E-state index contributed by atoms with van der Waals surface area (Å²) in [6, 6.07) is 6.76. The van der Waals surface area contributed by atoms with Crippen molar-refractivity contribution in [2.75, 3.05) is 33.9 Å². The molecule has 1 saturated heterocycles. The van der Waals surface area contributed by atoms with E-state index in [0.717, 1.165) is 30.4 Å². The summed E-state index contributed by atoms with van der Waals surface area (Å²) in [4.78, 5) is 2.69. The lowest BCUT2D eigenvalue weighted by Crippen LogP contribution is -2.45. The predicted octanol–water partition coefficient (Wildman–Crippen LogP) is 4.14. The van der Waals surface area contributed by atoms with E-state index in [9.17, 15) is 0 Å². The third-order valence-corrected chi connectivity index (χ3v) is 5.76. The molecule has 0 bridgehead atoms. The SMILES string of the molecule is COc1ccc(CCOC2CCCC[C@@H]2N2CC[C@@H](C)C2)cc1OC.S.S. The maximum Gasteiger partial charge on any atom is 0.160 e. The van der Waals surface area contributed by atoms with E-state index in [2.05, 4.69) is 24.0 Å². The highest BCUT2D eigenvalue weighted by atomic mass is 32.1. The first-order valence-corrected chi connectivity index (χ1v) is 9.78. The average molecular weight is 416 g/mol. The molecular formula is C21H37NO3S2. The van der Waals surface area contributed by atoms with Crippen molar-refractivity contribution in [3.8, 4) is 11.5 Å². The minimum atomic E-state index is 0. The van der Waals surface area contributed by atoms with Gasteiger partial charge in [-0.15, -0.1) is 0 Å². The van der Waals surface area contributed by atoms with Crippen LogP contribution in [0.5, 0.6) is 11.5 Å². The lowest BCUT2D eigenvalue weighted by Gasteiger charge is -2.38. The number of benzene rings is 1. The summed E-state index contributed by atoms with van der Waals surface area (Å²) in [5, 5.41) is 0. The first-order chi connectivity index (χ1) is 12.2. The summed E-state index contributed by atoms with van der Waals surface area (Å²) < 4.78 is 17.1. The van der Waals surface area contributed by atoms with Crippen LogP contribution in [0.3, 0.4) is 0 Å².